The summed E-state index contributed by atoms with van der Waals surface area (Å²) >= 11 is 0. The molecule has 2 aromatic carbocycles. The maximum atomic E-state index is 12.1. The van der Waals surface area contributed by atoms with Crippen molar-refractivity contribution in [2.24, 2.45) is 5.92 Å². The minimum Gasteiger partial charge on any atom is -0.497 e. The molecule has 0 aliphatic carbocycles. The van der Waals surface area contributed by atoms with Crippen LogP contribution in [-0.4, -0.2) is 37.8 Å². The summed E-state index contributed by atoms with van der Waals surface area (Å²) in [6, 6.07) is 17.0. The summed E-state index contributed by atoms with van der Waals surface area (Å²) in [6.45, 7) is 2.41. The van der Waals surface area contributed by atoms with Crippen molar-refractivity contribution in [2.75, 3.05) is 31.6 Å². The van der Waals surface area contributed by atoms with Crippen LogP contribution in [0.2, 0.25) is 0 Å². The van der Waals surface area contributed by atoms with Crippen LogP contribution in [0.5, 0.6) is 5.75 Å². The van der Waals surface area contributed by atoms with Gasteiger partial charge in [-0.3, -0.25) is 4.79 Å². The summed E-state index contributed by atoms with van der Waals surface area (Å²) < 4.78 is 5.28. The number of rotatable bonds is 6. The highest BCUT2D eigenvalue weighted by Crippen LogP contribution is 2.26. The van der Waals surface area contributed by atoms with Gasteiger partial charge in [0, 0.05) is 31.4 Å². The summed E-state index contributed by atoms with van der Waals surface area (Å²) in [5, 5.41) is 13.0. The lowest BCUT2D eigenvalue weighted by Crippen LogP contribution is -2.34. The number of amides is 1. The molecule has 1 heterocycles. The number of nitrogens with one attached hydrogen (secondary N) is 1. The number of aliphatic hydroxyl groups excluding tert-OH is 1. The van der Waals surface area contributed by atoms with Crippen LogP contribution in [-0.2, 0) is 4.79 Å². The fourth-order valence-electron chi connectivity index (χ4n) is 3.17. The van der Waals surface area contributed by atoms with Crippen molar-refractivity contribution in [3.05, 3.63) is 60.2 Å². The van der Waals surface area contributed by atoms with Crippen molar-refractivity contribution in [2.45, 2.75) is 12.5 Å². The van der Waals surface area contributed by atoms with E-state index in [0.717, 1.165) is 30.9 Å². The molecule has 1 amide bonds. The van der Waals surface area contributed by atoms with Crippen LogP contribution in [0.4, 0.5) is 5.69 Å². The summed E-state index contributed by atoms with van der Waals surface area (Å²) in [6.07, 6.45) is -0.101. The van der Waals surface area contributed by atoms with Gasteiger partial charge in [-0.05, 0) is 30.0 Å². The monoisotopic (exact) mass is 340 g/mol. The lowest BCUT2D eigenvalue weighted by molar-refractivity contribution is -0.129. The maximum Gasteiger partial charge on any atom is 0.253 e. The Morgan fingerprint density at radius 3 is 2.84 bits per heavy atom. The standard InChI is InChI=1S/C20H24N2O3/c1-25-18-9-5-8-17(12-18)22-11-10-15(14-22)13-21-20(24)19(23)16-6-3-2-4-7-16/h2-9,12,15,19,23H,10-11,13-14H2,1H3,(H,21,24). The molecule has 0 saturated carbocycles. The smallest absolute Gasteiger partial charge is 0.253 e. The number of benzene rings is 2. The highest BCUT2D eigenvalue weighted by atomic mass is 16.5. The van der Waals surface area contributed by atoms with E-state index in [-0.39, 0.29) is 5.91 Å². The van der Waals surface area contributed by atoms with Gasteiger partial charge in [-0.2, -0.15) is 0 Å². The Balaban J connectivity index is 1.50. The first kappa shape index (κ1) is 17.3. The average molecular weight is 340 g/mol. The molecule has 3 rings (SSSR count). The third-order valence-electron chi connectivity index (χ3n) is 4.63. The quantitative estimate of drug-likeness (QED) is 0.847. The summed E-state index contributed by atoms with van der Waals surface area (Å²) in [5.41, 5.74) is 1.75. The van der Waals surface area contributed by atoms with Crippen molar-refractivity contribution in [3.63, 3.8) is 0 Å². The zero-order valence-corrected chi connectivity index (χ0v) is 14.4. The summed E-state index contributed by atoms with van der Waals surface area (Å²) in [5.74, 6) is 0.879. The van der Waals surface area contributed by atoms with E-state index in [9.17, 15) is 9.90 Å². The summed E-state index contributed by atoms with van der Waals surface area (Å²) in [7, 11) is 1.67. The van der Waals surface area contributed by atoms with Gasteiger partial charge >= 0.3 is 0 Å². The largest absolute Gasteiger partial charge is 0.497 e. The number of hydrogen-bond acceptors (Lipinski definition) is 4. The Morgan fingerprint density at radius 2 is 2.08 bits per heavy atom. The van der Waals surface area contributed by atoms with Crippen LogP contribution < -0.4 is 15.0 Å². The van der Waals surface area contributed by atoms with Crippen LogP contribution in [0.1, 0.15) is 18.1 Å². The van der Waals surface area contributed by atoms with Gasteiger partial charge in [-0.15, -0.1) is 0 Å². The van der Waals surface area contributed by atoms with Gasteiger partial charge in [-0.25, -0.2) is 0 Å². The third kappa shape index (κ3) is 4.31. The molecule has 1 fully saturated rings. The zero-order chi connectivity index (χ0) is 17.6. The molecule has 2 N–H and O–H groups in total. The number of hydrogen-bond donors (Lipinski definition) is 2. The molecular weight excluding hydrogens is 316 g/mol. The lowest BCUT2D eigenvalue weighted by atomic mass is 10.1. The second-order valence-electron chi connectivity index (χ2n) is 6.36. The highest BCUT2D eigenvalue weighted by Gasteiger charge is 2.25. The molecule has 5 heteroatoms. The molecule has 0 aromatic heterocycles. The Kier molecular flexibility index (Phi) is 5.56. The highest BCUT2D eigenvalue weighted by molar-refractivity contribution is 5.81. The minimum absolute atomic E-state index is 0.342. The Labute approximate surface area is 148 Å². The molecule has 1 aliphatic heterocycles. The first-order chi connectivity index (χ1) is 12.2. The van der Waals surface area contributed by atoms with Crippen molar-refractivity contribution >= 4 is 11.6 Å². The molecule has 132 valence electrons. The van der Waals surface area contributed by atoms with Gasteiger partial charge in [0.25, 0.3) is 5.91 Å². The van der Waals surface area contributed by atoms with Gasteiger partial charge < -0.3 is 20.1 Å². The van der Waals surface area contributed by atoms with Crippen molar-refractivity contribution in [1.29, 1.82) is 0 Å². The van der Waals surface area contributed by atoms with E-state index in [4.69, 9.17) is 4.74 Å². The van der Waals surface area contributed by atoms with Crippen LogP contribution in [0.15, 0.2) is 54.6 Å². The molecule has 2 atom stereocenters. The van der Waals surface area contributed by atoms with Gasteiger partial charge in [-0.1, -0.05) is 36.4 Å². The maximum absolute atomic E-state index is 12.1. The number of ether oxygens (including phenoxy) is 1. The number of carbonyl (C=O) groups is 1. The number of methoxy groups -OCH3 is 1. The van der Waals surface area contributed by atoms with E-state index < -0.39 is 6.10 Å². The van der Waals surface area contributed by atoms with E-state index >= 15 is 0 Å². The van der Waals surface area contributed by atoms with Gasteiger partial charge in [0.1, 0.15) is 5.75 Å². The Bertz CT molecular complexity index is 705. The second-order valence-corrected chi connectivity index (χ2v) is 6.36. The molecule has 2 unspecified atom stereocenters. The molecule has 1 aliphatic rings. The van der Waals surface area contributed by atoms with E-state index in [1.165, 1.54) is 0 Å². The predicted molar refractivity (Wildman–Crippen MR) is 97.7 cm³/mol. The molecule has 5 nitrogen and oxygen atoms in total. The molecule has 1 saturated heterocycles. The molecular formula is C20H24N2O3. The van der Waals surface area contributed by atoms with E-state index in [1.807, 2.05) is 36.4 Å². The number of carbonyl (C=O) groups excluding carboxylic acids is 1. The zero-order valence-electron chi connectivity index (χ0n) is 14.4. The molecule has 0 radical (unpaired) electrons. The van der Waals surface area contributed by atoms with Crippen LogP contribution in [0, 0.1) is 5.92 Å². The van der Waals surface area contributed by atoms with E-state index in [1.54, 1.807) is 19.2 Å². The van der Waals surface area contributed by atoms with Gasteiger partial charge in [0.05, 0.1) is 7.11 Å². The molecule has 0 bridgehead atoms. The van der Waals surface area contributed by atoms with Crippen molar-refractivity contribution in [1.82, 2.24) is 5.32 Å². The van der Waals surface area contributed by atoms with Crippen molar-refractivity contribution in [3.8, 4) is 5.75 Å². The second kappa shape index (κ2) is 8.03. The number of anilines is 1. The molecule has 2 aromatic rings. The first-order valence-electron chi connectivity index (χ1n) is 8.57. The minimum atomic E-state index is -1.11. The fraction of sp³-hybridized carbons (Fsp3) is 0.350. The first-order valence-corrected chi connectivity index (χ1v) is 8.57. The van der Waals surface area contributed by atoms with E-state index in [2.05, 4.69) is 16.3 Å². The number of nitrogens with zero attached hydrogens (tertiary/aromatic N) is 1. The van der Waals surface area contributed by atoms with Crippen LogP contribution >= 0.6 is 0 Å². The topological polar surface area (TPSA) is 61.8 Å². The van der Waals surface area contributed by atoms with Crippen LogP contribution in [0.3, 0.4) is 0 Å². The molecule has 25 heavy (non-hydrogen) atoms. The van der Waals surface area contributed by atoms with Crippen molar-refractivity contribution < 1.29 is 14.6 Å². The molecule has 0 spiro atoms. The Hall–Kier alpha value is -2.53. The Morgan fingerprint density at radius 1 is 1.28 bits per heavy atom. The number of aliphatic hydroxyl groups is 1. The summed E-state index contributed by atoms with van der Waals surface area (Å²) in [4.78, 5) is 14.4. The lowest BCUT2D eigenvalue weighted by Gasteiger charge is -2.20. The van der Waals surface area contributed by atoms with Crippen LogP contribution in [0.25, 0.3) is 0 Å². The third-order valence-corrected chi connectivity index (χ3v) is 4.63. The van der Waals surface area contributed by atoms with E-state index in [0.29, 0.717) is 18.0 Å². The SMILES string of the molecule is COc1cccc(N2CCC(CNC(=O)C(O)c3ccccc3)C2)c1. The normalized spacial score (nSPS) is 18.0. The predicted octanol–water partition coefficient (Wildman–Crippen LogP) is 2.37. The van der Waals surface area contributed by atoms with Gasteiger partial charge in [0.2, 0.25) is 0 Å². The average Bonchev–Trinajstić information content (AvgIpc) is 3.15. The van der Waals surface area contributed by atoms with Gasteiger partial charge in [0.15, 0.2) is 6.10 Å². The fourth-order valence-corrected chi connectivity index (χ4v) is 3.17.